The first-order chi connectivity index (χ1) is 10.0. The molecule has 1 aromatic carbocycles. The van der Waals surface area contributed by atoms with E-state index in [1.54, 1.807) is 11.8 Å². The van der Waals surface area contributed by atoms with E-state index in [1.807, 2.05) is 12.1 Å². The highest BCUT2D eigenvalue weighted by Crippen LogP contribution is 2.22. The molecular weight excluding hydrogens is 395 g/mol. The summed E-state index contributed by atoms with van der Waals surface area (Å²) >= 11 is 3.88. The first kappa shape index (κ1) is 16.5. The Hall–Kier alpha value is -0.820. The van der Waals surface area contributed by atoms with Gasteiger partial charge in [0.15, 0.2) is 0 Å². The smallest absolute Gasteiger partial charge is 0.264 e. The van der Waals surface area contributed by atoms with Crippen LogP contribution in [0.3, 0.4) is 0 Å². The van der Waals surface area contributed by atoms with Gasteiger partial charge in [0.2, 0.25) is 0 Å². The van der Waals surface area contributed by atoms with E-state index in [9.17, 15) is 4.79 Å². The number of aromatic nitrogens is 2. The number of nitrogens with zero attached hydrogens (tertiary/aromatic N) is 1. The summed E-state index contributed by atoms with van der Waals surface area (Å²) < 4.78 is 0.697. The topological polar surface area (TPSA) is 45.8 Å². The van der Waals surface area contributed by atoms with Crippen molar-refractivity contribution < 1.29 is 0 Å². The zero-order chi connectivity index (χ0) is 15.4. The molecule has 2 aromatic rings. The molecule has 1 N–H and O–H groups in total. The van der Waals surface area contributed by atoms with E-state index in [0.717, 1.165) is 23.4 Å². The number of H-pyrrole nitrogens is 1. The molecule has 0 spiro atoms. The van der Waals surface area contributed by atoms with Crippen molar-refractivity contribution >= 4 is 34.4 Å². The van der Waals surface area contributed by atoms with Crippen LogP contribution >= 0.6 is 34.4 Å². The lowest BCUT2D eigenvalue weighted by Gasteiger charge is -2.09. The fourth-order valence-corrected chi connectivity index (χ4v) is 3.18. The van der Waals surface area contributed by atoms with Gasteiger partial charge in [0.05, 0.1) is 9.26 Å². The molecule has 1 aromatic heterocycles. The third kappa shape index (κ3) is 4.32. The quantitative estimate of drug-likeness (QED) is 0.585. The average Bonchev–Trinajstić information content (AvgIpc) is 2.44. The van der Waals surface area contributed by atoms with Crippen LogP contribution in [0.2, 0.25) is 0 Å². The minimum Gasteiger partial charge on any atom is -0.306 e. The van der Waals surface area contributed by atoms with Crippen LogP contribution in [0, 0.1) is 9.49 Å². The lowest BCUT2D eigenvalue weighted by atomic mass is 10.1. The zero-order valence-corrected chi connectivity index (χ0v) is 15.4. The van der Waals surface area contributed by atoms with Crippen molar-refractivity contribution in [1.29, 1.82) is 0 Å². The molecule has 0 aliphatic carbocycles. The van der Waals surface area contributed by atoms with E-state index in [-0.39, 0.29) is 5.56 Å². The summed E-state index contributed by atoms with van der Waals surface area (Å²) in [6.07, 6.45) is 0.818. The van der Waals surface area contributed by atoms with Crippen LogP contribution in [-0.4, -0.2) is 15.7 Å². The van der Waals surface area contributed by atoms with Crippen molar-refractivity contribution in [3.8, 4) is 11.4 Å². The van der Waals surface area contributed by atoms with Gasteiger partial charge in [-0.3, -0.25) is 4.79 Å². The van der Waals surface area contributed by atoms with Gasteiger partial charge in [-0.25, -0.2) is 4.98 Å². The van der Waals surface area contributed by atoms with Crippen molar-refractivity contribution in [2.24, 2.45) is 5.92 Å². The third-order valence-corrected chi connectivity index (χ3v) is 4.98. The van der Waals surface area contributed by atoms with Gasteiger partial charge in [0.25, 0.3) is 5.56 Å². The second-order valence-corrected chi connectivity index (χ2v) is 7.65. The molecule has 0 atom stereocenters. The maximum Gasteiger partial charge on any atom is 0.264 e. The van der Waals surface area contributed by atoms with Gasteiger partial charge in [0, 0.05) is 10.5 Å². The summed E-state index contributed by atoms with van der Waals surface area (Å²) in [5, 5.41) is 0. The predicted molar refractivity (Wildman–Crippen MR) is 98.0 cm³/mol. The summed E-state index contributed by atoms with van der Waals surface area (Å²) in [5.74, 6) is 2.18. The highest BCUT2D eigenvalue weighted by Gasteiger charge is 2.11. The average molecular weight is 414 g/mol. The number of rotatable bonds is 5. The van der Waals surface area contributed by atoms with Gasteiger partial charge >= 0.3 is 0 Å². The van der Waals surface area contributed by atoms with E-state index in [1.165, 1.54) is 4.90 Å². The normalized spacial score (nSPS) is 11.1. The molecule has 0 amide bonds. The first-order valence-corrected chi connectivity index (χ1v) is 9.09. The molecule has 0 unspecified atom stereocenters. The third-order valence-electron chi connectivity index (χ3n) is 2.97. The minimum absolute atomic E-state index is 0.0525. The van der Waals surface area contributed by atoms with Crippen LogP contribution in [0.1, 0.15) is 26.5 Å². The molecule has 2 rings (SSSR count). The standard InChI is InChI=1S/C16H19IN2OS/c1-4-21-12-7-5-11(6-8-12)15-18-13(9-10(2)3)14(17)16(20)19-15/h5-8,10H,4,9H2,1-3H3,(H,18,19,20). The lowest BCUT2D eigenvalue weighted by Crippen LogP contribution is -2.17. The van der Waals surface area contributed by atoms with Crippen molar-refractivity contribution in [1.82, 2.24) is 9.97 Å². The molecule has 1 heterocycles. The maximum atomic E-state index is 12.1. The van der Waals surface area contributed by atoms with E-state index in [4.69, 9.17) is 0 Å². The van der Waals surface area contributed by atoms with Crippen molar-refractivity contribution in [2.75, 3.05) is 5.75 Å². The summed E-state index contributed by atoms with van der Waals surface area (Å²) in [7, 11) is 0. The van der Waals surface area contributed by atoms with E-state index in [2.05, 4.69) is 65.5 Å². The minimum atomic E-state index is -0.0525. The molecule has 0 fully saturated rings. The number of benzene rings is 1. The largest absolute Gasteiger partial charge is 0.306 e. The molecule has 0 saturated carbocycles. The molecule has 112 valence electrons. The molecule has 21 heavy (non-hydrogen) atoms. The Kier molecular flexibility index (Phi) is 5.87. The Morgan fingerprint density at radius 3 is 2.52 bits per heavy atom. The van der Waals surface area contributed by atoms with E-state index < -0.39 is 0 Å². The molecule has 0 saturated heterocycles. The molecule has 3 nitrogen and oxygen atoms in total. The number of hydrogen-bond donors (Lipinski definition) is 1. The Morgan fingerprint density at radius 1 is 1.29 bits per heavy atom. The van der Waals surface area contributed by atoms with Crippen LogP contribution in [-0.2, 0) is 6.42 Å². The number of halogens is 1. The van der Waals surface area contributed by atoms with Gasteiger partial charge in [-0.05, 0) is 52.8 Å². The first-order valence-electron chi connectivity index (χ1n) is 7.03. The molecular formula is C16H19IN2OS. The predicted octanol–water partition coefficient (Wildman–Crippen LogP) is 4.35. The highest BCUT2D eigenvalue weighted by atomic mass is 127. The summed E-state index contributed by atoms with van der Waals surface area (Å²) in [5.41, 5.74) is 1.79. The van der Waals surface area contributed by atoms with Crippen molar-refractivity contribution in [3.05, 3.63) is 43.9 Å². The number of thioether (sulfide) groups is 1. The van der Waals surface area contributed by atoms with Crippen LogP contribution in [0.4, 0.5) is 0 Å². The van der Waals surface area contributed by atoms with Gasteiger partial charge in [-0.2, -0.15) is 0 Å². The summed E-state index contributed by atoms with van der Waals surface area (Å²) in [6, 6.07) is 8.18. The zero-order valence-electron chi connectivity index (χ0n) is 12.4. The lowest BCUT2D eigenvalue weighted by molar-refractivity contribution is 0.631. The van der Waals surface area contributed by atoms with Gasteiger partial charge in [-0.1, -0.05) is 32.9 Å². The fourth-order valence-electron chi connectivity index (χ4n) is 2.04. The molecule has 0 bridgehead atoms. The number of nitrogens with one attached hydrogen (secondary N) is 1. The maximum absolute atomic E-state index is 12.1. The van der Waals surface area contributed by atoms with E-state index >= 15 is 0 Å². The van der Waals surface area contributed by atoms with Gasteiger partial charge in [0.1, 0.15) is 5.82 Å². The van der Waals surface area contributed by atoms with Crippen LogP contribution in [0.5, 0.6) is 0 Å². The molecule has 5 heteroatoms. The second-order valence-electron chi connectivity index (χ2n) is 5.23. The van der Waals surface area contributed by atoms with Crippen LogP contribution in [0.15, 0.2) is 34.0 Å². The molecule has 0 aliphatic rings. The number of aromatic amines is 1. The molecule has 0 radical (unpaired) electrons. The molecule has 0 aliphatic heterocycles. The van der Waals surface area contributed by atoms with Crippen LogP contribution < -0.4 is 5.56 Å². The Labute approximate surface area is 143 Å². The summed E-state index contributed by atoms with van der Waals surface area (Å²) in [4.78, 5) is 20.8. The van der Waals surface area contributed by atoms with Crippen molar-refractivity contribution in [2.45, 2.75) is 32.1 Å². The second kappa shape index (κ2) is 7.45. The van der Waals surface area contributed by atoms with E-state index in [0.29, 0.717) is 15.3 Å². The Morgan fingerprint density at radius 2 is 1.95 bits per heavy atom. The number of hydrogen-bond acceptors (Lipinski definition) is 3. The fraction of sp³-hybridized carbons (Fsp3) is 0.375. The SMILES string of the molecule is CCSc1ccc(-c2nc(CC(C)C)c(I)c(=O)[nH]2)cc1. The van der Waals surface area contributed by atoms with Crippen LogP contribution in [0.25, 0.3) is 11.4 Å². The van der Waals surface area contributed by atoms with Crippen molar-refractivity contribution in [3.63, 3.8) is 0 Å². The highest BCUT2D eigenvalue weighted by molar-refractivity contribution is 14.1. The monoisotopic (exact) mass is 414 g/mol. The van der Waals surface area contributed by atoms with Gasteiger partial charge < -0.3 is 4.98 Å². The summed E-state index contributed by atoms with van der Waals surface area (Å²) in [6.45, 7) is 6.40. The Balaban J connectivity index is 2.39. The van der Waals surface area contributed by atoms with Gasteiger partial charge in [-0.15, -0.1) is 11.8 Å². The Bertz CT molecular complexity index is 665.